The number of terminal acetylenes is 1. The number of rotatable bonds is 2. The van der Waals surface area contributed by atoms with Crippen molar-refractivity contribution in [1.82, 2.24) is 0 Å². The molecule has 0 aromatic rings. The van der Waals surface area contributed by atoms with Gasteiger partial charge in [0.05, 0.1) is 6.61 Å². The molecule has 0 amide bonds. The van der Waals surface area contributed by atoms with E-state index in [9.17, 15) is 0 Å². The fourth-order valence-electron chi connectivity index (χ4n) is 2.75. The van der Waals surface area contributed by atoms with Gasteiger partial charge in [0, 0.05) is 11.7 Å². The minimum absolute atomic E-state index is 0.448. The molecule has 1 aliphatic heterocycles. The van der Waals surface area contributed by atoms with Gasteiger partial charge < -0.3 is 4.74 Å². The highest BCUT2D eigenvalue weighted by Crippen LogP contribution is 2.39. The zero-order valence-corrected chi connectivity index (χ0v) is 11.8. The van der Waals surface area contributed by atoms with Gasteiger partial charge in [0.25, 0.3) is 0 Å². The lowest BCUT2D eigenvalue weighted by Gasteiger charge is -2.37. The Bertz CT molecular complexity index is 265. The van der Waals surface area contributed by atoms with Crippen LogP contribution >= 0.6 is 11.8 Å². The fourth-order valence-corrected chi connectivity index (χ4v) is 4.39. The molecule has 0 aromatic carbocycles. The van der Waals surface area contributed by atoms with E-state index in [4.69, 9.17) is 11.2 Å². The first-order valence-electron chi connectivity index (χ1n) is 6.90. The number of thioether (sulfide) groups is 1. The van der Waals surface area contributed by atoms with Crippen molar-refractivity contribution in [3.63, 3.8) is 0 Å². The van der Waals surface area contributed by atoms with E-state index in [1.165, 1.54) is 31.4 Å². The van der Waals surface area contributed by atoms with Crippen LogP contribution in [0, 0.1) is 36.0 Å². The highest BCUT2D eigenvalue weighted by molar-refractivity contribution is 7.99. The van der Waals surface area contributed by atoms with E-state index in [0.29, 0.717) is 11.4 Å². The maximum absolute atomic E-state index is 6.07. The Morgan fingerprint density at radius 3 is 2.41 bits per heavy atom. The molecule has 1 saturated heterocycles. The SMILES string of the molecule is C#CC1CCC(C2OCC(C(C)C)CS2)CC1. The summed E-state index contributed by atoms with van der Waals surface area (Å²) in [6.07, 6.45) is 10.4. The van der Waals surface area contributed by atoms with Gasteiger partial charge in [-0.3, -0.25) is 0 Å². The average Bonchev–Trinajstić information content (AvgIpc) is 2.39. The first-order chi connectivity index (χ1) is 8.20. The first-order valence-corrected chi connectivity index (χ1v) is 7.95. The van der Waals surface area contributed by atoms with Crippen molar-refractivity contribution in [3.8, 4) is 12.3 Å². The van der Waals surface area contributed by atoms with Gasteiger partial charge in [-0.05, 0) is 43.4 Å². The maximum Gasteiger partial charge on any atom is 0.106 e. The van der Waals surface area contributed by atoms with Gasteiger partial charge >= 0.3 is 0 Å². The monoisotopic (exact) mass is 252 g/mol. The lowest BCUT2D eigenvalue weighted by atomic mass is 9.82. The van der Waals surface area contributed by atoms with Crippen LogP contribution in [0.2, 0.25) is 0 Å². The number of ether oxygens (including phenoxy) is 1. The Morgan fingerprint density at radius 1 is 1.24 bits per heavy atom. The quantitative estimate of drug-likeness (QED) is 0.692. The van der Waals surface area contributed by atoms with Crippen LogP contribution in [-0.4, -0.2) is 17.8 Å². The van der Waals surface area contributed by atoms with E-state index < -0.39 is 0 Å². The van der Waals surface area contributed by atoms with Gasteiger partial charge in [-0.2, -0.15) is 0 Å². The van der Waals surface area contributed by atoms with Crippen molar-refractivity contribution in [3.05, 3.63) is 0 Å². The predicted octanol–water partition coefficient (Wildman–Crippen LogP) is 3.79. The summed E-state index contributed by atoms with van der Waals surface area (Å²) >= 11 is 2.04. The van der Waals surface area contributed by atoms with Crippen molar-refractivity contribution in [2.45, 2.75) is 45.0 Å². The van der Waals surface area contributed by atoms with Crippen LogP contribution in [0.1, 0.15) is 39.5 Å². The second-order valence-electron chi connectivity index (χ2n) is 5.82. The molecule has 2 atom stereocenters. The van der Waals surface area contributed by atoms with E-state index in [-0.39, 0.29) is 0 Å². The molecule has 0 aromatic heterocycles. The summed E-state index contributed by atoms with van der Waals surface area (Å²) in [5.74, 6) is 6.95. The number of hydrogen-bond donors (Lipinski definition) is 0. The van der Waals surface area contributed by atoms with Crippen LogP contribution in [0.25, 0.3) is 0 Å². The molecule has 2 heteroatoms. The van der Waals surface area contributed by atoms with Crippen LogP contribution in [0.3, 0.4) is 0 Å². The highest BCUT2D eigenvalue weighted by Gasteiger charge is 2.32. The molecule has 0 radical (unpaired) electrons. The second-order valence-corrected chi connectivity index (χ2v) is 6.95. The Kier molecular flexibility index (Phi) is 4.82. The van der Waals surface area contributed by atoms with Crippen LogP contribution in [-0.2, 0) is 4.74 Å². The normalized spacial score (nSPS) is 38.9. The second kappa shape index (κ2) is 6.16. The van der Waals surface area contributed by atoms with Crippen LogP contribution in [0.4, 0.5) is 0 Å². The maximum atomic E-state index is 6.07. The third-order valence-electron chi connectivity index (χ3n) is 4.28. The summed E-state index contributed by atoms with van der Waals surface area (Å²) in [4.78, 5) is 0. The van der Waals surface area contributed by atoms with E-state index in [1.807, 2.05) is 11.8 Å². The molecule has 2 fully saturated rings. The smallest absolute Gasteiger partial charge is 0.106 e. The van der Waals surface area contributed by atoms with Crippen molar-refractivity contribution in [2.24, 2.45) is 23.7 Å². The lowest BCUT2D eigenvalue weighted by molar-refractivity contribution is 0.0208. The zero-order valence-electron chi connectivity index (χ0n) is 11.0. The summed E-state index contributed by atoms with van der Waals surface area (Å²) in [6.45, 7) is 5.56. The highest BCUT2D eigenvalue weighted by atomic mass is 32.2. The van der Waals surface area contributed by atoms with Crippen molar-refractivity contribution in [1.29, 1.82) is 0 Å². The molecule has 1 heterocycles. The van der Waals surface area contributed by atoms with Crippen LogP contribution in [0.5, 0.6) is 0 Å². The lowest BCUT2D eigenvalue weighted by Crippen LogP contribution is -2.34. The molecule has 17 heavy (non-hydrogen) atoms. The minimum atomic E-state index is 0.448. The first kappa shape index (κ1) is 13.3. The van der Waals surface area contributed by atoms with E-state index in [1.54, 1.807) is 0 Å². The summed E-state index contributed by atoms with van der Waals surface area (Å²) in [6, 6.07) is 0. The van der Waals surface area contributed by atoms with Gasteiger partial charge in [0.1, 0.15) is 5.44 Å². The topological polar surface area (TPSA) is 9.23 Å². The van der Waals surface area contributed by atoms with Gasteiger partial charge in [-0.15, -0.1) is 24.1 Å². The minimum Gasteiger partial charge on any atom is -0.367 e. The van der Waals surface area contributed by atoms with Gasteiger partial charge in [-0.1, -0.05) is 13.8 Å². The molecule has 0 N–H and O–H groups in total. The van der Waals surface area contributed by atoms with Crippen LogP contribution in [0.15, 0.2) is 0 Å². The molecule has 0 bridgehead atoms. The molecule has 2 aliphatic rings. The Hall–Kier alpha value is -0.130. The summed E-state index contributed by atoms with van der Waals surface area (Å²) < 4.78 is 6.07. The Labute approximate surface area is 110 Å². The van der Waals surface area contributed by atoms with Crippen molar-refractivity contribution >= 4 is 11.8 Å². The average molecular weight is 252 g/mol. The fraction of sp³-hybridized carbons (Fsp3) is 0.867. The standard InChI is InChI=1S/C15H24OS/c1-4-12-5-7-13(8-6-12)15-16-9-14(10-17-15)11(2)3/h1,11-15H,5-10H2,2-3H3. The molecule has 1 saturated carbocycles. The van der Waals surface area contributed by atoms with E-state index in [2.05, 4.69) is 19.8 Å². The van der Waals surface area contributed by atoms with E-state index >= 15 is 0 Å². The third-order valence-corrected chi connectivity index (χ3v) is 5.75. The third kappa shape index (κ3) is 3.42. The Morgan fingerprint density at radius 2 is 1.94 bits per heavy atom. The summed E-state index contributed by atoms with van der Waals surface area (Å²) in [5, 5.41) is 0. The van der Waals surface area contributed by atoms with Gasteiger partial charge in [0.15, 0.2) is 0 Å². The van der Waals surface area contributed by atoms with Crippen LogP contribution < -0.4 is 0 Å². The molecule has 96 valence electrons. The molecule has 2 rings (SSSR count). The zero-order chi connectivity index (χ0) is 12.3. The molecule has 0 spiro atoms. The largest absolute Gasteiger partial charge is 0.367 e. The molecular weight excluding hydrogens is 228 g/mol. The molecule has 1 aliphatic carbocycles. The molecular formula is C15H24OS. The summed E-state index contributed by atoms with van der Waals surface area (Å²) in [5.41, 5.74) is 0.448. The van der Waals surface area contributed by atoms with E-state index in [0.717, 1.165) is 24.4 Å². The van der Waals surface area contributed by atoms with Crippen molar-refractivity contribution < 1.29 is 4.74 Å². The molecule has 1 nitrogen and oxygen atoms in total. The molecule has 2 unspecified atom stereocenters. The number of hydrogen-bond acceptors (Lipinski definition) is 2. The Balaban J connectivity index is 1.76. The predicted molar refractivity (Wildman–Crippen MR) is 74.8 cm³/mol. The van der Waals surface area contributed by atoms with Gasteiger partial charge in [0.2, 0.25) is 0 Å². The summed E-state index contributed by atoms with van der Waals surface area (Å²) in [7, 11) is 0. The van der Waals surface area contributed by atoms with Gasteiger partial charge in [-0.25, -0.2) is 0 Å². The van der Waals surface area contributed by atoms with Crippen molar-refractivity contribution in [2.75, 3.05) is 12.4 Å².